The highest BCUT2D eigenvalue weighted by Gasteiger charge is 2.17. The molecule has 1 aromatic heterocycles. The summed E-state index contributed by atoms with van der Waals surface area (Å²) in [4.78, 5) is 24.4. The lowest BCUT2D eigenvalue weighted by Crippen LogP contribution is -2.18. The molecule has 2 aromatic carbocycles. The Kier molecular flexibility index (Phi) is 4.20. The molecule has 3 aromatic rings. The molecule has 3 rings (SSSR count). The quantitative estimate of drug-likeness (QED) is 0.417. The van der Waals surface area contributed by atoms with Gasteiger partial charge in [0, 0.05) is 11.5 Å². The molecular formula is C18H14O6. The number of hydrogen-bond acceptors (Lipinski definition) is 6. The zero-order valence-electron chi connectivity index (χ0n) is 13.1. The van der Waals surface area contributed by atoms with Crippen molar-refractivity contribution in [2.24, 2.45) is 0 Å². The van der Waals surface area contributed by atoms with Gasteiger partial charge in [0.15, 0.2) is 11.3 Å². The average molecular weight is 326 g/mol. The first kappa shape index (κ1) is 15.6. The molecule has 6 heteroatoms. The summed E-state index contributed by atoms with van der Waals surface area (Å²) in [5, 5.41) is 0.562. The lowest BCUT2D eigenvalue weighted by molar-refractivity contribution is 0.0730. The number of benzene rings is 2. The van der Waals surface area contributed by atoms with Gasteiger partial charge in [0.05, 0.1) is 14.2 Å². The predicted octanol–water partition coefficient (Wildman–Crippen LogP) is 3.03. The zero-order chi connectivity index (χ0) is 17.1. The monoisotopic (exact) mass is 326 g/mol. The van der Waals surface area contributed by atoms with E-state index in [1.807, 2.05) is 0 Å². The van der Waals surface area contributed by atoms with Crippen LogP contribution in [0.1, 0.15) is 10.4 Å². The van der Waals surface area contributed by atoms with Crippen molar-refractivity contribution < 1.29 is 23.4 Å². The van der Waals surface area contributed by atoms with Gasteiger partial charge in [-0.3, -0.25) is 0 Å². The Bertz CT molecular complexity index is 957. The second kappa shape index (κ2) is 6.45. The third-order valence-corrected chi connectivity index (χ3v) is 3.42. The van der Waals surface area contributed by atoms with Crippen LogP contribution in [0, 0.1) is 0 Å². The number of carbonyl (C=O) groups excluding carboxylic acids is 1. The molecule has 0 aliphatic heterocycles. The second-order valence-corrected chi connectivity index (χ2v) is 4.89. The van der Waals surface area contributed by atoms with Crippen LogP contribution in [0.5, 0.6) is 17.2 Å². The van der Waals surface area contributed by atoms with Crippen molar-refractivity contribution in [3.63, 3.8) is 0 Å². The van der Waals surface area contributed by atoms with Crippen molar-refractivity contribution in [1.82, 2.24) is 0 Å². The van der Waals surface area contributed by atoms with E-state index in [2.05, 4.69) is 0 Å². The number of carbonyl (C=O) groups is 1. The Morgan fingerprint density at radius 1 is 0.958 bits per heavy atom. The van der Waals surface area contributed by atoms with Gasteiger partial charge in [0.25, 0.3) is 0 Å². The van der Waals surface area contributed by atoms with Gasteiger partial charge in [0.2, 0.25) is 0 Å². The Labute approximate surface area is 137 Å². The van der Waals surface area contributed by atoms with Gasteiger partial charge in [-0.2, -0.15) is 0 Å². The van der Waals surface area contributed by atoms with Crippen LogP contribution in [0.25, 0.3) is 11.0 Å². The minimum absolute atomic E-state index is 0.196. The first-order chi connectivity index (χ1) is 11.6. The fourth-order valence-corrected chi connectivity index (χ4v) is 2.25. The van der Waals surface area contributed by atoms with E-state index in [1.54, 1.807) is 42.5 Å². The van der Waals surface area contributed by atoms with Crippen LogP contribution in [0.3, 0.4) is 0 Å². The van der Waals surface area contributed by atoms with Gasteiger partial charge in [-0.15, -0.1) is 0 Å². The summed E-state index contributed by atoms with van der Waals surface area (Å²) in [5.74, 6) is 0.416. The molecule has 0 unspecified atom stereocenters. The summed E-state index contributed by atoms with van der Waals surface area (Å²) >= 11 is 0. The van der Waals surface area contributed by atoms with Gasteiger partial charge in [-0.25, -0.2) is 9.59 Å². The fraction of sp³-hybridized carbons (Fsp3) is 0.111. The third-order valence-electron chi connectivity index (χ3n) is 3.42. The maximum atomic E-state index is 12.3. The number of methoxy groups -OCH3 is 2. The van der Waals surface area contributed by atoms with E-state index in [-0.39, 0.29) is 16.9 Å². The van der Waals surface area contributed by atoms with Crippen LogP contribution in [0.15, 0.2) is 57.7 Å². The van der Waals surface area contributed by atoms with E-state index >= 15 is 0 Å². The molecule has 0 aliphatic rings. The molecule has 0 amide bonds. The summed E-state index contributed by atoms with van der Waals surface area (Å²) in [6.45, 7) is 0. The van der Waals surface area contributed by atoms with Crippen LogP contribution in [0.2, 0.25) is 0 Å². The topological polar surface area (TPSA) is 75.0 Å². The van der Waals surface area contributed by atoms with Gasteiger partial charge >= 0.3 is 11.6 Å². The highest BCUT2D eigenvalue weighted by molar-refractivity contribution is 5.95. The number of esters is 1. The maximum absolute atomic E-state index is 12.3. The molecule has 0 spiro atoms. The van der Waals surface area contributed by atoms with E-state index in [4.69, 9.17) is 18.6 Å². The van der Waals surface area contributed by atoms with Crippen LogP contribution in [-0.2, 0) is 0 Å². The summed E-state index contributed by atoms with van der Waals surface area (Å²) in [7, 11) is 2.98. The van der Waals surface area contributed by atoms with Crippen molar-refractivity contribution in [3.05, 3.63) is 64.5 Å². The number of para-hydroxylation sites is 1. The van der Waals surface area contributed by atoms with E-state index in [0.29, 0.717) is 16.9 Å². The Morgan fingerprint density at radius 2 is 1.71 bits per heavy atom. The van der Waals surface area contributed by atoms with Crippen LogP contribution >= 0.6 is 0 Å². The second-order valence-electron chi connectivity index (χ2n) is 4.89. The molecule has 6 nitrogen and oxygen atoms in total. The molecule has 0 aliphatic carbocycles. The fourth-order valence-electron chi connectivity index (χ4n) is 2.25. The molecule has 0 bridgehead atoms. The molecule has 0 saturated carbocycles. The van der Waals surface area contributed by atoms with E-state index in [1.165, 1.54) is 20.3 Å². The molecular weight excluding hydrogens is 312 g/mol. The van der Waals surface area contributed by atoms with Gasteiger partial charge < -0.3 is 18.6 Å². The largest absolute Gasteiger partial charge is 0.497 e. The van der Waals surface area contributed by atoms with Crippen molar-refractivity contribution in [1.29, 1.82) is 0 Å². The minimum Gasteiger partial charge on any atom is -0.497 e. The summed E-state index contributed by atoms with van der Waals surface area (Å²) in [5.41, 5.74) is -0.707. The Hall–Kier alpha value is -3.28. The minimum atomic E-state index is -0.804. The molecule has 122 valence electrons. The first-order valence-electron chi connectivity index (χ1n) is 7.09. The number of hydrogen-bond donors (Lipinski definition) is 0. The normalized spacial score (nSPS) is 10.4. The van der Waals surface area contributed by atoms with E-state index < -0.39 is 11.6 Å². The number of rotatable bonds is 4. The molecule has 24 heavy (non-hydrogen) atoms. The Morgan fingerprint density at radius 3 is 2.46 bits per heavy atom. The molecule has 0 fully saturated rings. The van der Waals surface area contributed by atoms with Crippen molar-refractivity contribution in [3.8, 4) is 17.2 Å². The van der Waals surface area contributed by atoms with Gasteiger partial charge in [0.1, 0.15) is 17.1 Å². The van der Waals surface area contributed by atoms with Gasteiger partial charge in [-0.1, -0.05) is 18.2 Å². The van der Waals surface area contributed by atoms with Crippen molar-refractivity contribution >= 4 is 16.9 Å². The smallest absolute Gasteiger partial charge is 0.351 e. The lowest BCUT2D eigenvalue weighted by Gasteiger charge is -2.07. The molecule has 0 saturated heterocycles. The van der Waals surface area contributed by atoms with Gasteiger partial charge in [-0.05, 0) is 24.3 Å². The van der Waals surface area contributed by atoms with Crippen molar-refractivity contribution in [2.75, 3.05) is 14.2 Å². The standard InChI is InChI=1S/C18H14O6/c1-21-12-6-4-7-13(10-12)23-17(19)14-9-11-5-3-8-15(22-2)16(11)24-18(14)20/h3-10H,1-2H3. The van der Waals surface area contributed by atoms with E-state index in [9.17, 15) is 9.59 Å². The summed E-state index contributed by atoms with van der Waals surface area (Å²) in [6, 6.07) is 13.1. The molecule has 0 radical (unpaired) electrons. The van der Waals surface area contributed by atoms with Crippen molar-refractivity contribution in [2.45, 2.75) is 0 Å². The zero-order valence-corrected chi connectivity index (χ0v) is 13.1. The Balaban J connectivity index is 1.98. The van der Waals surface area contributed by atoms with Crippen LogP contribution < -0.4 is 19.8 Å². The average Bonchev–Trinajstić information content (AvgIpc) is 2.60. The maximum Gasteiger partial charge on any atom is 0.351 e. The first-order valence-corrected chi connectivity index (χ1v) is 7.09. The predicted molar refractivity (Wildman–Crippen MR) is 87.0 cm³/mol. The SMILES string of the molecule is COc1cccc(OC(=O)c2cc3cccc(OC)c3oc2=O)c1. The lowest BCUT2D eigenvalue weighted by atomic mass is 10.2. The highest BCUT2D eigenvalue weighted by atomic mass is 16.5. The molecule has 0 N–H and O–H groups in total. The van der Waals surface area contributed by atoms with Crippen LogP contribution in [-0.4, -0.2) is 20.2 Å². The third kappa shape index (κ3) is 2.94. The number of fused-ring (bicyclic) bond motifs is 1. The summed E-state index contributed by atoms with van der Waals surface area (Å²) in [6.07, 6.45) is 0. The molecule has 1 heterocycles. The van der Waals surface area contributed by atoms with Crippen LogP contribution in [0.4, 0.5) is 0 Å². The summed E-state index contributed by atoms with van der Waals surface area (Å²) < 4.78 is 20.6. The highest BCUT2D eigenvalue weighted by Crippen LogP contribution is 2.25. The molecule has 0 atom stereocenters. The number of ether oxygens (including phenoxy) is 3. The van der Waals surface area contributed by atoms with E-state index in [0.717, 1.165) is 0 Å².